The molecule has 8 heteroatoms. The molecule has 36 heavy (non-hydrogen) atoms. The minimum Gasteiger partial charge on any atom is -0.383 e. The van der Waals surface area contributed by atoms with Crippen LogP contribution in [-0.2, 0) is 0 Å². The van der Waals surface area contributed by atoms with Gasteiger partial charge in [0.25, 0.3) is 0 Å². The van der Waals surface area contributed by atoms with E-state index in [9.17, 15) is 5.26 Å². The van der Waals surface area contributed by atoms with Gasteiger partial charge >= 0.3 is 0 Å². The van der Waals surface area contributed by atoms with Crippen molar-refractivity contribution in [3.8, 4) is 6.07 Å². The van der Waals surface area contributed by atoms with Gasteiger partial charge in [0.05, 0.1) is 35.0 Å². The van der Waals surface area contributed by atoms with Crippen LogP contribution >= 0.6 is 11.6 Å². The number of hydrogen-bond acceptors (Lipinski definition) is 6. The van der Waals surface area contributed by atoms with E-state index in [-0.39, 0.29) is 11.5 Å². The van der Waals surface area contributed by atoms with Crippen LogP contribution in [0.25, 0.3) is 10.9 Å². The highest BCUT2D eigenvalue weighted by atomic mass is 35.5. The smallest absolute Gasteiger partial charge is 0.110 e. The number of anilines is 2. The molecule has 1 saturated carbocycles. The number of fused-ring (bicyclic) bond motifs is 1. The zero-order valence-corrected chi connectivity index (χ0v) is 21.8. The Bertz CT molecular complexity index is 1460. The van der Waals surface area contributed by atoms with Gasteiger partial charge in [-0.25, -0.2) is 4.68 Å². The van der Waals surface area contributed by atoms with E-state index in [4.69, 9.17) is 11.6 Å². The molecule has 4 aromatic rings. The maximum absolute atomic E-state index is 9.79. The largest absolute Gasteiger partial charge is 0.383 e. The minimum atomic E-state index is -0.291. The highest BCUT2D eigenvalue weighted by Gasteiger charge is 2.27. The van der Waals surface area contributed by atoms with Gasteiger partial charge in [0.2, 0.25) is 0 Å². The monoisotopic (exact) mass is 499 g/mol. The van der Waals surface area contributed by atoms with Crippen LogP contribution in [-0.4, -0.2) is 26.5 Å². The molecule has 0 spiro atoms. The van der Waals surface area contributed by atoms with Crippen LogP contribution in [0.4, 0.5) is 11.4 Å². The van der Waals surface area contributed by atoms with Gasteiger partial charge in [-0.05, 0) is 54.5 Å². The van der Waals surface area contributed by atoms with E-state index in [1.807, 2.05) is 42.1 Å². The van der Waals surface area contributed by atoms with E-state index in [1.165, 1.54) is 0 Å². The van der Waals surface area contributed by atoms with Crippen molar-refractivity contribution >= 4 is 33.9 Å². The van der Waals surface area contributed by atoms with Gasteiger partial charge in [-0.2, -0.15) is 5.26 Å². The first-order chi connectivity index (χ1) is 17.2. The Kier molecular flexibility index (Phi) is 6.31. The lowest BCUT2D eigenvalue weighted by molar-refractivity contribution is 0.443. The SMILES string of the molecule is Cc1cc(NC(c2cn(C3CC3)nn2)c2ccccc2Cl)cc2c(NCC(C)(C)C)c(C#N)cnc12. The Morgan fingerprint density at radius 2 is 2.00 bits per heavy atom. The number of benzene rings is 2. The number of aromatic nitrogens is 4. The van der Waals surface area contributed by atoms with E-state index < -0.39 is 0 Å². The van der Waals surface area contributed by atoms with Gasteiger partial charge in [0, 0.05) is 28.8 Å². The Labute approximate surface area is 216 Å². The van der Waals surface area contributed by atoms with Gasteiger partial charge in [0.15, 0.2) is 0 Å². The summed E-state index contributed by atoms with van der Waals surface area (Å²) in [6.45, 7) is 9.25. The van der Waals surface area contributed by atoms with Crippen molar-refractivity contribution in [2.75, 3.05) is 17.2 Å². The molecule has 2 N–H and O–H groups in total. The molecule has 1 aliphatic carbocycles. The highest BCUT2D eigenvalue weighted by Crippen LogP contribution is 2.37. The topological polar surface area (TPSA) is 91.5 Å². The van der Waals surface area contributed by atoms with Crippen LogP contribution in [0.3, 0.4) is 0 Å². The maximum atomic E-state index is 9.79. The summed E-state index contributed by atoms with van der Waals surface area (Å²) in [4.78, 5) is 4.60. The molecule has 0 amide bonds. The summed E-state index contributed by atoms with van der Waals surface area (Å²) in [6.07, 6.45) is 5.93. The summed E-state index contributed by atoms with van der Waals surface area (Å²) in [7, 11) is 0. The first-order valence-corrected chi connectivity index (χ1v) is 12.6. The van der Waals surface area contributed by atoms with Crippen LogP contribution < -0.4 is 10.6 Å². The third kappa shape index (κ3) is 5.00. The molecule has 1 unspecified atom stereocenters. The molecule has 0 bridgehead atoms. The molecule has 1 atom stereocenters. The van der Waals surface area contributed by atoms with E-state index in [0.29, 0.717) is 16.6 Å². The summed E-state index contributed by atoms with van der Waals surface area (Å²) >= 11 is 6.64. The lowest BCUT2D eigenvalue weighted by Gasteiger charge is -2.23. The second-order valence-corrected chi connectivity index (χ2v) is 11.1. The summed E-state index contributed by atoms with van der Waals surface area (Å²) in [5.41, 5.74) is 5.88. The predicted octanol–water partition coefficient (Wildman–Crippen LogP) is 6.65. The molecule has 0 radical (unpaired) electrons. The van der Waals surface area contributed by atoms with Crippen molar-refractivity contribution in [3.63, 3.8) is 0 Å². The van der Waals surface area contributed by atoms with Crippen LogP contribution in [0.2, 0.25) is 5.02 Å². The number of nitrogens with one attached hydrogen (secondary N) is 2. The fraction of sp³-hybridized carbons (Fsp3) is 0.357. The van der Waals surface area contributed by atoms with Crippen molar-refractivity contribution in [3.05, 3.63) is 76.2 Å². The summed E-state index contributed by atoms with van der Waals surface area (Å²) in [5.74, 6) is 0. The van der Waals surface area contributed by atoms with Crippen LogP contribution in [0.1, 0.15) is 68.1 Å². The normalized spacial score (nSPS) is 14.4. The average molecular weight is 500 g/mol. The zero-order chi connectivity index (χ0) is 25.4. The summed E-state index contributed by atoms with van der Waals surface area (Å²) in [5, 5.41) is 27.4. The Hall–Kier alpha value is -3.63. The first kappa shape index (κ1) is 24.1. The number of halogens is 1. The Morgan fingerprint density at radius 1 is 1.22 bits per heavy atom. The molecule has 1 fully saturated rings. The van der Waals surface area contributed by atoms with Crippen molar-refractivity contribution in [1.82, 2.24) is 20.0 Å². The van der Waals surface area contributed by atoms with E-state index in [2.05, 4.69) is 64.9 Å². The first-order valence-electron chi connectivity index (χ1n) is 12.2. The number of rotatable bonds is 7. The van der Waals surface area contributed by atoms with Crippen LogP contribution in [0.15, 0.2) is 48.8 Å². The van der Waals surface area contributed by atoms with Crippen molar-refractivity contribution in [2.24, 2.45) is 5.41 Å². The molecule has 0 aliphatic heterocycles. The fourth-order valence-corrected chi connectivity index (χ4v) is 4.56. The molecule has 184 valence electrons. The van der Waals surface area contributed by atoms with Gasteiger partial charge < -0.3 is 10.6 Å². The molecule has 7 nitrogen and oxygen atoms in total. The zero-order valence-electron chi connectivity index (χ0n) is 21.0. The quantitative estimate of drug-likeness (QED) is 0.295. The molecule has 2 heterocycles. The number of nitrogens with zero attached hydrogens (tertiary/aromatic N) is 5. The number of aryl methyl sites for hydroxylation is 1. The standard InChI is InChI=1S/C28H30ClN7/c1-17-11-19(12-22-25(17)31-14-18(13-30)26(22)32-16-28(2,3)4)33-27(21-7-5-6-8-23(21)29)24-15-36(35-34-24)20-9-10-20/h5-8,11-12,14-15,20,27,33H,9-10,16H2,1-4H3,(H,31,32). The number of nitriles is 1. The molecule has 5 rings (SSSR count). The third-order valence-corrected chi connectivity index (χ3v) is 6.69. The number of hydrogen-bond donors (Lipinski definition) is 2. The lowest BCUT2D eigenvalue weighted by atomic mass is 9.96. The Morgan fingerprint density at radius 3 is 2.69 bits per heavy atom. The van der Waals surface area contributed by atoms with E-state index in [1.54, 1.807) is 6.20 Å². The molecular formula is C28H30ClN7. The molecule has 0 saturated heterocycles. The Balaban J connectivity index is 1.59. The van der Waals surface area contributed by atoms with Crippen molar-refractivity contribution in [2.45, 2.75) is 52.6 Å². The summed E-state index contributed by atoms with van der Waals surface area (Å²) < 4.78 is 1.95. The van der Waals surface area contributed by atoms with E-state index >= 15 is 0 Å². The molecule has 1 aliphatic rings. The molecular weight excluding hydrogens is 470 g/mol. The van der Waals surface area contributed by atoms with Gasteiger partial charge in [-0.15, -0.1) is 5.10 Å². The van der Waals surface area contributed by atoms with Gasteiger partial charge in [-0.1, -0.05) is 55.8 Å². The summed E-state index contributed by atoms with van der Waals surface area (Å²) in [6, 6.07) is 14.4. The van der Waals surface area contributed by atoms with Crippen molar-refractivity contribution in [1.29, 1.82) is 5.26 Å². The van der Waals surface area contributed by atoms with Crippen molar-refractivity contribution < 1.29 is 0 Å². The van der Waals surface area contributed by atoms with Crippen LogP contribution in [0.5, 0.6) is 0 Å². The molecule has 2 aromatic heterocycles. The predicted molar refractivity (Wildman–Crippen MR) is 144 cm³/mol. The average Bonchev–Trinajstić information content (AvgIpc) is 3.57. The van der Waals surface area contributed by atoms with Crippen LogP contribution in [0, 0.1) is 23.7 Å². The molecule has 2 aromatic carbocycles. The minimum absolute atomic E-state index is 0.0514. The highest BCUT2D eigenvalue weighted by molar-refractivity contribution is 6.31. The van der Waals surface area contributed by atoms with Gasteiger partial charge in [0.1, 0.15) is 11.8 Å². The maximum Gasteiger partial charge on any atom is 0.110 e. The van der Waals surface area contributed by atoms with E-state index in [0.717, 1.165) is 58.5 Å². The van der Waals surface area contributed by atoms with Gasteiger partial charge in [-0.3, -0.25) is 4.98 Å². The fourth-order valence-electron chi connectivity index (χ4n) is 4.32. The second-order valence-electron chi connectivity index (χ2n) is 10.7. The second kappa shape index (κ2) is 9.44. The lowest BCUT2D eigenvalue weighted by Crippen LogP contribution is -2.20. The third-order valence-electron chi connectivity index (χ3n) is 6.35. The number of pyridine rings is 1.